The molecule has 1 aromatic rings. The number of carbonyl (C=O) groups is 1. The molecule has 1 fully saturated rings. The summed E-state index contributed by atoms with van der Waals surface area (Å²) in [5, 5.41) is 6.23. The lowest BCUT2D eigenvalue weighted by Gasteiger charge is -2.27. The van der Waals surface area contributed by atoms with E-state index in [0.29, 0.717) is 24.1 Å². The summed E-state index contributed by atoms with van der Waals surface area (Å²) in [6, 6.07) is 3.81. The highest BCUT2D eigenvalue weighted by Gasteiger charge is 2.22. The Bertz CT molecular complexity index is 419. The second kappa shape index (κ2) is 9.98. The van der Waals surface area contributed by atoms with Crippen molar-refractivity contribution in [1.29, 1.82) is 0 Å². The Morgan fingerprint density at radius 1 is 1.38 bits per heavy atom. The van der Waals surface area contributed by atoms with E-state index in [0.717, 1.165) is 18.7 Å². The molecule has 0 spiro atoms. The zero-order chi connectivity index (χ0) is 13.7. The number of carbonyl (C=O) groups excluding carboxylic acids is 1. The number of amides is 1. The van der Waals surface area contributed by atoms with Gasteiger partial charge in [0.15, 0.2) is 0 Å². The van der Waals surface area contributed by atoms with E-state index in [1.807, 2.05) is 19.1 Å². The van der Waals surface area contributed by atoms with Gasteiger partial charge in [-0.2, -0.15) is 0 Å². The van der Waals surface area contributed by atoms with Crippen molar-refractivity contribution in [1.82, 2.24) is 10.3 Å². The van der Waals surface area contributed by atoms with Crippen LogP contribution in [0.1, 0.15) is 31.7 Å². The van der Waals surface area contributed by atoms with Gasteiger partial charge in [0.05, 0.1) is 0 Å². The fourth-order valence-corrected chi connectivity index (χ4v) is 2.61. The van der Waals surface area contributed by atoms with Gasteiger partial charge in [-0.25, -0.2) is 4.98 Å². The summed E-state index contributed by atoms with van der Waals surface area (Å²) in [6.45, 7) is 6.32. The third-order valence-corrected chi connectivity index (χ3v) is 3.87. The van der Waals surface area contributed by atoms with E-state index < -0.39 is 0 Å². The van der Waals surface area contributed by atoms with Crippen molar-refractivity contribution in [2.24, 2.45) is 11.8 Å². The van der Waals surface area contributed by atoms with Crippen LogP contribution in [0.4, 0.5) is 5.82 Å². The molecule has 1 atom stereocenters. The van der Waals surface area contributed by atoms with Gasteiger partial charge in [-0.15, -0.1) is 24.8 Å². The van der Waals surface area contributed by atoms with Gasteiger partial charge in [0.2, 0.25) is 5.91 Å². The molecule has 0 aliphatic carbocycles. The smallest absolute Gasteiger partial charge is 0.225 e. The molecule has 2 rings (SSSR count). The summed E-state index contributed by atoms with van der Waals surface area (Å²) in [7, 11) is 0. The van der Waals surface area contributed by atoms with Gasteiger partial charge in [-0.3, -0.25) is 4.79 Å². The first-order chi connectivity index (χ1) is 9.15. The van der Waals surface area contributed by atoms with Crippen LogP contribution in [0, 0.1) is 18.8 Å². The minimum Gasteiger partial charge on any atom is -0.317 e. The van der Waals surface area contributed by atoms with Crippen LogP contribution >= 0.6 is 24.8 Å². The van der Waals surface area contributed by atoms with Gasteiger partial charge in [0.1, 0.15) is 5.82 Å². The van der Waals surface area contributed by atoms with Gasteiger partial charge in [0, 0.05) is 12.6 Å². The number of halogens is 2. The van der Waals surface area contributed by atoms with E-state index in [1.54, 1.807) is 6.20 Å². The maximum Gasteiger partial charge on any atom is 0.225 e. The summed E-state index contributed by atoms with van der Waals surface area (Å²) in [5.74, 6) is 1.82. The molecule has 21 heavy (non-hydrogen) atoms. The first-order valence-electron chi connectivity index (χ1n) is 7.08. The van der Waals surface area contributed by atoms with Crippen molar-refractivity contribution < 1.29 is 4.79 Å². The second-order valence-corrected chi connectivity index (χ2v) is 5.54. The average Bonchev–Trinajstić information content (AvgIpc) is 2.42. The SMILES string of the molecule is Cc1ccc(NC(=O)CC(C)C2CCNCC2)nc1.Cl.Cl. The van der Waals surface area contributed by atoms with Crippen LogP contribution in [-0.4, -0.2) is 24.0 Å². The lowest BCUT2D eigenvalue weighted by molar-refractivity contribution is -0.117. The quantitative estimate of drug-likeness (QED) is 0.889. The van der Waals surface area contributed by atoms with Gasteiger partial charge in [-0.05, 0) is 56.3 Å². The first-order valence-corrected chi connectivity index (χ1v) is 7.08. The molecule has 0 bridgehead atoms. The molecule has 0 aromatic carbocycles. The number of aromatic nitrogens is 1. The minimum absolute atomic E-state index is 0. The van der Waals surface area contributed by atoms with Gasteiger partial charge in [0.25, 0.3) is 0 Å². The standard InChI is InChI=1S/C15H23N3O.2ClH/c1-11-3-4-14(17-10-11)18-15(19)9-12(2)13-5-7-16-8-6-13;;/h3-4,10,12-13,16H,5-9H2,1-2H3,(H,17,18,19);2*1H. The number of hydrogen-bond donors (Lipinski definition) is 2. The summed E-state index contributed by atoms with van der Waals surface area (Å²) in [5.41, 5.74) is 1.10. The molecule has 2 heterocycles. The summed E-state index contributed by atoms with van der Waals surface area (Å²) in [6.07, 6.45) is 4.71. The summed E-state index contributed by atoms with van der Waals surface area (Å²) >= 11 is 0. The van der Waals surface area contributed by atoms with Gasteiger partial charge >= 0.3 is 0 Å². The highest BCUT2D eigenvalue weighted by molar-refractivity contribution is 5.89. The van der Waals surface area contributed by atoms with E-state index in [-0.39, 0.29) is 30.7 Å². The summed E-state index contributed by atoms with van der Waals surface area (Å²) in [4.78, 5) is 16.2. The molecule has 2 N–H and O–H groups in total. The van der Waals surface area contributed by atoms with Crippen molar-refractivity contribution in [3.05, 3.63) is 23.9 Å². The molecule has 1 aromatic heterocycles. The Kier molecular flexibility index (Phi) is 9.58. The van der Waals surface area contributed by atoms with Crippen LogP contribution in [0.5, 0.6) is 0 Å². The molecule has 1 unspecified atom stereocenters. The Balaban J connectivity index is 0.00000200. The number of hydrogen-bond acceptors (Lipinski definition) is 3. The van der Waals surface area contributed by atoms with Crippen molar-refractivity contribution >= 4 is 36.5 Å². The molecule has 0 saturated carbocycles. The predicted octanol–water partition coefficient (Wildman–Crippen LogP) is 3.20. The zero-order valence-corrected chi connectivity index (χ0v) is 14.2. The van der Waals surface area contributed by atoms with E-state index >= 15 is 0 Å². The fraction of sp³-hybridized carbons (Fsp3) is 0.600. The van der Waals surface area contributed by atoms with Crippen LogP contribution in [0.25, 0.3) is 0 Å². The van der Waals surface area contributed by atoms with Crippen LogP contribution in [0.15, 0.2) is 18.3 Å². The lowest BCUT2D eigenvalue weighted by atomic mass is 9.84. The topological polar surface area (TPSA) is 54.0 Å². The third kappa shape index (κ3) is 6.64. The molecular weight excluding hydrogens is 309 g/mol. The number of anilines is 1. The number of aryl methyl sites for hydroxylation is 1. The Morgan fingerprint density at radius 3 is 2.62 bits per heavy atom. The first kappa shape index (κ1) is 20.2. The molecular formula is C15H25Cl2N3O. The van der Waals surface area contributed by atoms with E-state index in [2.05, 4.69) is 22.5 Å². The van der Waals surface area contributed by atoms with Gasteiger partial charge < -0.3 is 10.6 Å². The molecule has 0 radical (unpaired) electrons. The second-order valence-electron chi connectivity index (χ2n) is 5.54. The minimum atomic E-state index is 0. The zero-order valence-electron chi connectivity index (χ0n) is 12.6. The molecule has 1 amide bonds. The molecule has 1 saturated heterocycles. The molecule has 4 nitrogen and oxygen atoms in total. The van der Waals surface area contributed by atoms with Crippen LogP contribution < -0.4 is 10.6 Å². The average molecular weight is 334 g/mol. The van der Waals surface area contributed by atoms with E-state index in [1.165, 1.54) is 12.8 Å². The molecule has 1 aliphatic rings. The third-order valence-electron chi connectivity index (χ3n) is 3.87. The van der Waals surface area contributed by atoms with Gasteiger partial charge in [-0.1, -0.05) is 13.0 Å². The monoisotopic (exact) mass is 333 g/mol. The van der Waals surface area contributed by atoms with Crippen LogP contribution in [0.3, 0.4) is 0 Å². The number of rotatable bonds is 4. The maximum atomic E-state index is 12.0. The Hall–Kier alpha value is -0.840. The molecule has 1 aliphatic heterocycles. The normalized spacial score (nSPS) is 16.3. The molecule has 120 valence electrons. The fourth-order valence-electron chi connectivity index (χ4n) is 2.61. The molecule has 6 heteroatoms. The van der Waals surface area contributed by atoms with E-state index in [9.17, 15) is 4.79 Å². The van der Waals surface area contributed by atoms with E-state index in [4.69, 9.17) is 0 Å². The number of nitrogens with zero attached hydrogens (tertiary/aromatic N) is 1. The van der Waals surface area contributed by atoms with Crippen molar-refractivity contribution in [2.75, 3.05) is 18.4 Å². The number of nitrogens with one attached hydrogen (secondary N) is 2. The lowest BCUT2D eigenvalue weighted by Crippen LogP contribution is -2.32. The highest BCUT2D eigenvalue weighted by atomic mass is 35.5. The maximum absolute atomic E-state index is 12.0. The van der Waals surface area contributed by atoms with Crippen LogP contribution in [-0.2, 0) is 4.79 Å². The van der Waals surface area contributed by atoms with Crippen molar-refractivity contribution in [2.45, 2.75) is 33.1 Å². The summed E-state index contributed by atoms with van der Waals surface area (Å²) < 4.78 is 0. The predicted molar refractivity (Wildman–Crippen MR) is 91.5 cm³/mol. The number of piperidine rings is 1. The largest absolute Gasteiger partial charge is 0.317 e. The highest BCUT2D eigenvalue weighted by Crippen LogP contribution is 2.24. The van der Waals surface area contributed by atoms with Crippen molar-refractivity contribution in [3.63, 3.8) is 0 Å². The Morgan fingerprint density at radius 2 is 2.05 bits per heavy atom. The number of pyridine rings is 1. The Labute approximate surface area is 139 Å². The van der Waals surface area contributed by atoms with Crippen LogP contribution in [0.2, 0.25) is 0 Å². The van der Waals surface area contributed by atoms with Crippen molar-refractivity contribution in [3.8, 4) is 0 Å².